The highest BCUT2D eigenvalue weighted by molar-refractivity contribution is 6.37. The minimum atomic E-state index is -0.133. The number of anilines is 2. The number of carbonyl (C=O) groups excluding carboxylic acids is 1. The molecule has 1 amide bonds. The second-order valence-corrected chi connectivity index (χ2v) is 5.93. The summed E-state index contributed by atoms with van der Waals surface area (Å²) in [6.45, 7) is 0. The molecule has 0 bridgehead atoms. The third kappa shape index (κ3) is 2.83. The van der Waals surface area contributed by atoms with Crippen molar-refractivity contribution in [2.75, 3.05) is 10.6 Å². The van der Waals surface area contributed by atoms with Crippen molar-refractivity contribution in [1.29, 1.82) is 5.26 Å². The van der Waals surface area contributed by atoms with Gasteiger partial charge in [-0.25, -0.2) is 0 Å². The zero-order chi connectivity index (χ0) is 17.9. The molecule has 0 aliphatic carbocycles. The Kier molecular flexibility index (Phi) is 3.97. The standard InChI is InChI=1S/C22H15N3O/c23-14-15-10-12-17(13-11-15)24-21(16-6-2-1-3-7-16)20-18-8-4-5-9-19(18)25-22(20)26/h1-13,24H,(H,25,26). The molecular weight excluding hydrogens is 322 g/mol. The number of hydrogen-bond acceptors (Lipinski definition) is 3. The maximum Gasteiger partial charge on any atom is 0.258 e. The molecular formula is C22H15N3O. The van der Waals surface area contributed by atoms with E-state index in [-0.39, 0.29) is 5.91 Å². The summed E-state index contributed by atoms with van der Waals surface area (Å²) in [5.74, 6) is -0.133. The monoisotopic (exact) mass is 337 g/mol. The van der Waals surface area contributed by atoms with Gasteiger partial charge in [0, 0.05) is 16.9 Å². The van der Waals surface area contributed by atoms with Gasteiger partial charge in [0.1, 0.15) is 0 Å². The largest absolute Gasteiger partial charge is 0.354 e. The van der Waals surface area contributed by atoms with Crippen LogP contribution in [0.3, 0.4) is 0 Å². The van der Waals surface area contributed by atoms with Gasteiger partial charge in [-0.1, -0.05) is 48.5 Å². The topological polar surface area (TPSA) is 64.9 Å². The van der Waals surface area contributed by atoms with Crippen molar-refractivity contribution in [2.45, 2.75) is 0 Å². The van der Waals surface area contributed by atoms with Crippen LogP contribution in [0.2, 0.25) is 0 Å². The summed E-state index contributed by atoms with van der Waals surface area (Å²) < 4.78 is 0. The van der Waals surface area contributed by atoms with E-state index in [1.54, 1.807) is 12.1 Å². The number of nitriles is 1. The summed E-state index contributed by atoms with van der Waals surface area (Å²) >= 11 is 0. The molecule has 3 aromatic carbocycles. The van der Waals surface area contributed by atoms with Crippen molar-refractivity contribution in [3.05, 3.63) is 95.6 Å². The molecule has 4 nitrogen and oxygen atoms in total. The Hall–Kier alpha value is -3.84. The maximum absolute atomic E-state index is 12.7. The van der Waals surface area contributed by atoms with Crippen molar-refractivity contribution in [3.8, 4) is 6.07 Å². The number of para-hydroxylation sites is 1. The van der Waals surface area contributed by atoms with E-state index >= 15 is 0 Å². The number of benzene rings is 3. The number of fused-ring (bicyclic) bond motifs is 1. The van der Waals surface area contributed by atoms with Crippen LogP contribution in [0.1, 0.15) is 16.7 Å². The molecule has 0 fully saturated rings. The number of nitrogens with zero attached hydrogens (tertiary/aromatic N) is 1. The van der Waals surface area contributed by atoms with Crippen molar-refractivity contribution in [2.24, 2.45) is 0 Å². The minimum absolute atomic E-state index is 0.133. The van der Waals surface area contributed by atoms with Crippen molar-refractivity contribution in [1.82, 2.24) is 0 Å². The van der Waals surface area contributed by atoms with E-state index in [0.29, 0.717) is 11.1 Å². The first-order chi connectivity index (χ1) is 12.8. The SMILES string of the molecule is N#Cc1ccc(NC(=C2C(=O)Nc3ccccc32)c2ccccc2)cc1. The Bertz CT molecular complexity index is 1040. The van der Waals surface area contributed by atoms with Gasteiger partial charge in [-0.3, -0.25) is 4.79 Å². The van der Waals surface area contributed by atoms with Gasteiger partial charge in [-0.2, -0.15) is 5.26 Å². The lowest BCUT2D eigenvalue weighted by Crippen LogP contribution is -2.10. The first-order valence-corrected chi connectivity index (χ1v) is 8.24. The maximum atomic E-state index is 12.7. The summed E-state index contributed by atoms with van der Waals surface area (Å²) in [5.41, 5.74) is 5.34. The highest BCUT2D eigenvalue weighted by atomic mass is 16.2. The van der Waals surface area contributed by atoms with Gasteiger partial charge < -0.3 is 10.6 Å². The van der Waals surface area contributed by atoms with Crippen LogP contribution in [0, 0.1) is 11.3 Å². The normalized spacial score (nSPS) is 14.2. The molecule has 0 saturated heterocycles. The van der Waals surface area contributed by atoms with Crippen LogP contribution in [0.4, 0.5) is 11.4 Å². The van der Waals surface area contributed by atoms with E-state index in [9.17, 15) is 4.79 Å². The van der Waals surface area contributed by atoms with Gasteiger partial charge in [-0.15, -0.1) is 0 Å². The fourth-order valence-corrected chi connectivity index (χ4v) is 3.02. The first kappa shape index (κ1) is 15.7. The smallest absolute Gasteiger partial charge is 0.258 e. The Morgan fingerprint density at radius 3 is 2.31 bits per heavy atom. The van der Waals surface area contributed by atoms with Crippen LogP contribution < -0.4 is 10.6 Å². The molecule has 26 heavy (non-hydrogen) atoms. The van der Waals surface area contributed by atoms with Crippen LogP contribution in [-0.2, 0) is 4.79 Å². The molecule has 1 aliphatic heterocycles. The fourth-order valence-electron chi connectivity index (χ4n) is 3.02. The number of nitrogens with one attached hydrogen (secondary N) is 2. The molecule has 1 heterocycles. The summed E-state index contributed by atoms with van der Waals surface area (Å²) in [4.78, 5) is 12.7. The average molecular weight is 337 g/mol. The second kappa shape index (κ2) is 6.58. The molecule has 0 unspecified atom stereocenters. The van der Waals surface area contributed by atoms with Gasteiger partial charge in [0.25, 0.3) is 5.91 Å². The summed E-state index contributed by atoms with van der Waals surface area (Å²) in [5, 5.41) is 15.3. The van der Waals surface area contributed by atoms with Gasteiger partial charge in [0.15, 0.2) is 0 Å². The van der Waals surface area contributed by atoms with Gasteiger partial charge in [-0.05, 0) is 35.9 Å². The highest BCUT2D eigenvalue weighted by Crippen LogP contribution is 2.37. The summed E-state index contributed by atoms with van der Waals surface area (Å²) in [6.07, 6.45) is 0. The zero-order valence-electron chi connectivity index (χ0n) is 13.9. The van der Waals surface area contributed by atoms with Gasteiger partial charge >= 0.3 is 0 Å². The third-order valence-corrected chi connectivity index (χ3v) is 4.27. The second-order valence-electron chi connectivity index (χ2n) is 5.93. The van der Waals surface area contributed by atoms with Crippen LogP contribution in [0.15, 0.2) is 78.9 Å². The van der Waals surface area contributed by atoms with E-state index in [4.69, 9.17) is 5.26 Å². The number of carbonyl (C=O) groups is 1. The molecule has 124 valence electrons. The molecule has 4 rings (SSSR count). The summed E-state index contributed by atoms with van der Waals surface area (Å²) in [7, 11) is 0. The number of amides is 1. The molecule has 1 aliphatic rings. The number of hydrogen-bond donors (Lipinski definition) is 2. The average Bonchev–Trinajstić information content (AvgIpc) is 3.03. The van der Waals surface area contributed by atoms with E-state index in [1.807, 2.05) is 66.7 Å². The van der Waals surface area contributed by atoms with Crippen LogP contribution in [0.5, 0.6) is 0 Å². The van der Waals surface area contributed by atoms with Crippen LogP contribution in [0.25, 0.3) is 11.3 Å². The zero-order valence-corrected chi connectivity index (χ0v) is 13.9. The Morgan fingerprint density at radius 1 is 0.885 bits per heavy atom. The molecule has 0 aromatic heterocycles. The lowest BCUT2D eigenvalue weighted by molar-refractivity contribution is -0.110. The minimum Gasteiger partial charge on any atom is -0.354 e. The van der Waals surface area contributed by atoms with Crippen molar-refractivity contribution >= 4 is 28.6 Å². The van der Waals surface area contributed by atoms with Crippen molar-refractivity contribution < 1.29 is 4.79 Å². The lowest BCUT2D eigenvalue weighted by Gasteiger charge is -2.14. The Balaban J connectivity index is 1.87. The van der Waals surface area contributed by atoms with E-state index < -0.39 is 0 Å². The Morgan fingerprint density at radius 2 is 1.58 bits per heavy atom. The predicted octanol–water partition coefficient (Wildman–Crippen LogP) is 4.49. The van der Waals surface area contributed by atoms with Gasteiger partial charge in [0.05, 0.1) is 22.9 Å². The molecule has 2 N–H and O–H groups in total. The predicted molar refractivity (Wildman–Crippen MR) is 103 cm³/mol. The molecule has 0 spiro atoms. The highest BCUT2D eigenvalue weighted by Gasteiger charge is 2.27. The molecule has 0 radical (unpaired) electrons. The fraction of sp³-hybridized carbons (Fsp3) is 0. The van der Waals surface area contributed by atoms with E-state index in [1.165, 1.54) is 0 Å². The quantitative estimate of drug-likeness (QED) is 0.692. The van der Waals surface area contributed by atoms with E-state index in [0.717, 1.165) is 28.2 Å². The van der Waals surface area contributed by atoms with Crippen molar-refractivity contribution in [3.63, 3.8) is 0 Å². The first-order valence-electron chi connectivity index (χ1n) is 8.24. The number of rotatable bonds is 3. The van der Waals surface area contributed by atoms with E-state index in [2.05, 4.69) is 16.7 Å². The Labute approximate surface area is 151 Å². The van der Waals surface area contributed by atoms with Gasteiger partial charge in [0.2, 0.25) is 0 Å². The molecule has 0 saturated carbocycles. The molecule has 3 aromatic rings. The van der Waals surface area contributed by atoms with Crippen LogP contribution >= 0.6 is 0 Å². The lowest BCUT2D eigenvalue weighted by atomic mass is 10.00. The van der Waals surface area contributed by atoms with Crippen LogP contribution in [-0.4, -0.2) is 5.91 Å². The third-order valence-electron chi connectivity index (χ3n) is 4.27. The summed E-state index contributed by atoms with van der Waals surface area (Å²) in [6, 6.07) is 26.7. The molecule has 0 atom stereocenters. The molecule has 4 heteroatoms.